The zero-order valence-corrected chi connectivity index (χ0v) is 14.5. The predicted molar refractivity (Wildman–Crippen MR) is 95.6 cm³/mol. The molecule has 0 bridgehead atoms. The van der Waals surface area contributed by atoms with Crippen LogP contribution in [0.15, 0.2) is 42.0 Å². The van der Waals surface area contributed by atoms with Crippen LogP contribution in [0.2, 0.25) is 0 Å². The lowest BCUT2D eigenvalue weighted by atomic mass is 10.2. The summed E-state index contributed by atoms with van der Waals surface area (Å²) >= 11 is 3.27. The molecule has 0 N–H and O–H groups in total. The highest BCUT2D eigenvalue weighted by atomic mass is 32.1. The number of thiophene rings is 1. The minimum Gasteiger partial charge on any atom is -0.343 e. The van der Waals surface area contributed by atoms with Gasteiger partial charge in [0.15, 0.2) is 5.01 Å². The van der Waals surface area contributed by atoms with Gasteiger partial charge in [0.2, 0.25) is 5.13 Å². The maximum Gasteiger partial charge on any atom is 0.254 e. The van der Waals surface area contributed by atoms with Crippen molar-refractivity contribution < 1.29 is 4.79 Å². The Hall–Kier alpha value is -2.32. The Labute approximate surface area is 147 Å². The molecule has 6 nitrogen and oxygen atoms in total. The molecule has 1 amide bonds. The maximum atomic E-state index is 12.5. The minimum absolute atomic E-state index is 0.0635. The zero-order chi connectivity index (χ0) is 16.4. The van der Waals surface area contributed by atoms with Gasteiger partial charge in [0.1, 0.15) is 0 Å². The molecule has 4 rings (SSSR count). The molecule has 8 heteroatoms. The summed E-state index contributed by atoms with van der Waals surface area (Å²) in [5, 5.41) is 12.5. The lowest BCUT2D eigenvalue weighted by Crippen LogP contribution is -2.48. The van der Waals surface area contributed by atoms with Crippen molar-refractivity contribution in [3.05, 3.63) is 47.6 Å². The van der Waals surface area contributed by atoms with Crippen LogP contribution in [0.25, 0.3) is 9.88 Å². The van der Waals surface area contributed by atoms with E-state index in [0.29, 0.717) is 18.7 Å². The molecule has 0 atom stereocenters. The average molecular weight is 357 g/mol. The lowest BCUT2D eigenvalue weighted by molar-refractivity contribution is 0.0746. The van der Waals surface area contributed by atoms with E-state index in [-0.39, 0.29) is 5.91 Å². The molecule has 1 saturated heterocycles. The molecule has 1 fully saturated rings. The molecule has 3 aromatic rings. The fraction of sp³-hybridized carbons (Fsp3) is 0.250. The fourth-order valence-corrected chi connectivity index (χ4v) is 4.31. The van der Waals surface area contributed by atoms with E-state index in [1.807, 2.05) is 16.3 Å². The predicted octanol–water partition coefficient (Wildman–Crippen LogP) is 2.62. The first-order chi connectivity index (χ1) is 11.8. The van der Waals surface area contributed by atoms with Gasteiger partial charge in [-0.3, -0.25) is 9.78 Å². The van der Waals surface area contributed by atoms with Gasteiger partial charge in [0.05, 0.1) is 4.88 Å². The van der Waals surface area contributed by atoms with Crippen LogP contribution >= 0.6 is 22.7 Å². The van der Waals surface area contributed by atoms with E-state index in [4.69, 9.17) is 0 Å². The van der Waals surface area contributed by atoms with Crippen LogP contribution in [0.5, 0.6) is 0 Å². The first kappa shape index (κ1) is 15.2. The second kappa shape index (κ2) is 6.66. The van der Waals surface area contributed by atoms with Crippen molar-refractivity contribution in [2.24, 2.45) is 0 Å². The Balaban J connectivity index is 1.40. The monoisotopic (exact) mass is 357 g/mol. The number of pyridine rings is 1. The third kappa shape index (κ3) is 3.02. The summed E-state index contributed by atoms with van der Waals surface area (Å²) in [6.45, 7) is 2.93. The normalized spacial score (nSPS) is 14.8. The second-order valence-electron chi connectivity index (χ2n) is 5.38. The molecule has 0 radical (unpaired) electrons. The molecule has 1 aliphatic heterocycles. The van der Waals surface area contributed by atoms with Crippen molar-refractivity contribution in [1.82, 2.24) is 20.1 Å². The van der Waals surface area contributed by atoms with Crippen LogP contribution < -0.4 is 4.90 Å². The van der Waals surface area contributed by atoms with E-state index in [9.17, 15) is 4.79 Å². The van der Waals surface area contributed by atoms with Gasteiger partial charge in [-0.1, -0.05) is 17.4 Å². The van der Waals surface area contributed by atoms with E-state index < -0.39 is 0 Å². The van der Waals surface area contributed by atoms with Crippen molar-refractivity contribution in [2.45, 2.75) is 0 Å². The van der Waals surface area contributed by atoms with Crippen molar-refractivity contribution in [3.8, 4) is 9.88 Å². The molecule has 0 spiro atoms. The Morgan fingerprint density at radius 2 is 1.83 bits per heavy atom. The largest absolute Gasteiger partial charge is 0.343 e. The molecular weight excluding hydrogens is 342 g/mol. The van der Waals surface area contributed by atoms with Crippen molar-refractivity contribution in [2.75, 3.05) is 31.1 Å². The third-order valence-corrected chi connectivity index (χ3v) is 5.93. The quantitative estimate of drug-likeness (QED) is 0.721. The lowest BCUT2D eigenvalue weighted by Gasteiger charge is -2.34. The van der Waals surface area contributed by atoms with Crippen LogP contribution in [0.1, 0.15) is 10.4 Å². The van der Waals surface area contributed by atoms with Gasteiger partial charge < -0.3 is 9.80 Å². The number of hydrogen-bond donors (Lipinski definition) is 0. The topological polar surface area (TPSA) is 62.2 Å². The van der Waals surface area contributed by atoms with Crippen molar-refractivity contribution in [1.29, 1.82) is 0 Å². The third-order valence-electron chi connectivity index (χ3n) is 3.91. The summed E-state index contributed by atoms with van der Waals surface area (Å²) in [6, 6.07) is 7.59. The molecule has 3 aromatic heterocycles. The molecule has 1 aliphatic rings. The van der Waals surface area contributed by atoms with Crippen molar-refractivity contribution in [3.63, 3.8) is 0 Å². The van der Waals surface area contributed by atoms with Crippen LogP contribution in [-0.4, -0.2) is 52.2 Å². The first-order valence-corrected chi connectivity index (χ1v) is 9.32. The number of nitrogens with zero attached hydrogens (tertiary/aromatic N) is 5. The highest BCUT2D eigenvalue weighted by Crippen LogP contribution is 2.31. The van der Waals surface area contributed by atoms with Gasteiger partial charge in [-0.2, -0.15) is 0 Å². The molecule has 24 heavy (non-hydrogen) atoms. The number of rotatable bonds is 3. The summed E-state index contributed by atoms with van der Waals surface area (Å²) in [5.41, 5.74) is 0.689. The number of carbonyl (C=O) groups is 1. The van der Waals surface area contributed by atoms with Crippen LogP contribution in [-0.2, 0) is 0 Å². The van der Waals surface area contributed by atoms with Crippen LogP contribution in [0, 0.1) is 0 Å². The van der Waals surface area contributed by atoms with Gasteiger partial charge in [-0.05, 0) is 23.6 Å². The van der Waals surface area contributed by atoms with Gasteiger partial charge in [0.25, 0.3) is 5.91 Å². The summed E-state index contributed by atoms with van der Waals surface area (Å²) < 4.78 is 0. The Morgan fingerprint density at radius 1 is 1.04 bits per heavy atom. The van der Waals surface area contributed by atoms with E-state index >= 15 is 0 Å². The standard InChI is InChI=1S/C16H15N5OS2/c22-15(12-3-5-17-6-4-12)20-7-9-21(10-8-20)16-19-18-14(24-16)13-2-1-11-23-13/h1-6,11H,7-10H2. The molecule has 0 saturated carbocycles. The summed E-state index contributed by atoms with van der Waals surface area (Å²) in [6.07, 6.45) is 3.30. The summed E-state index contributed by atoms with van der Waals surface area (Å²) in [5.74, 6) is 0.0635. The zero-order valence-electron chi connectivity index (χ0n) is 12.8. The van der Waals surface area contributed by atoms with E-state index in [2.05, 4.69) is 26.1 Å². The molecule has 4 heterocycles. The van der Waals surface area contributed by atoms with Gasteiger partial charge >= 0.3 is 0 Å². The molecule has 0 aliphatic carbocycles. The van der Waals surface area contributed by atoms with Gasteiger partial charge in [-0.25, -0.2) is 0 Å². The Morgan fingerprint density at radius 3 is 2.54 bits per heavy atom. The Kier molecular flexibility index (Phi) is 4.22. The maximum absolute atomic E-state index is 12.5. The van der Waals surface area contributed by atoms with Crippen LogP contribution in [0.3, 0.4) is 0 Å². The summed E-state index contributed by atoms with van der Waals surface area (Å²) in [4.78, 5) is 21.6. The minimum atomic E-state index is 0.0635. The number of carbonyl (C=O) groups excluding carboxylic acids is 1. The second-order valence-corrected chi connectivity index (χ2v) is 7.29. The smallest absolute Gasteiger partial charge is 0.254 e. The number of amides is 1. The first-order valence-electron chi connectivity index (χ1n) is 7.63. The van der Waals surface area contributed by atoms with Crippen molar-refractivity contribution >= 4 is 33.7 Å². The van der Waals surface area contributed by atoms with E-state index in [0.717, 1.165) is 28.1 Å². The molecule has 0 unspecified atom stereocenters. The molecule has 0 aromatic carbocycles. The average Bonchev–Trinajstić information content (AvgIpc) is 3.33. The molecular formula is C16H15N5OS2. The van der Waals surface area contributed by atoms with Gasteiger partial charge in [0, 0.05) is 44.1 Å². The van der Waals surface area contributed by atoms with Gasteiger partial charge in [-0.15, -0.1) is 21.5 Å². The number of piperazine rings is 1. The Bertz CT molecular complexity index is 810. The molecule has 122 valence electrons. The summed E-state index contributed by atoms with van der Waals surface area (Å²) in [7, 11) is 0. The SMILES string of the molecule is O=C(c1ccncc1)N1CCN(c2nnc(-c3cccs3)s2)CC1. The number of anilines is 1. The van der Waals surface area contributed by atoms with Crippen LogP contribution in [0.4, 0.5) is 5.13 Å². The highest BCUT2D eigenvalue weighted by Gasteiger charge is 2.24. The number of hydrogen-bond acceptors (Lipinski definition) is 7. The van der Waals surface area contributed by atoms with E-state index in [1.54, 1.807) is 47.2 Å². The highest BCUT2D eigenvalue weighted by molar-refractivity contribution is 7.22. The number of aromatic nitrogens is 3. The fourth-order valence-electron chi connectivity index (χ4n) is 2.62. The van der Waals surface area contributed by atoms with E-state index in [1.165, 1.54) is 0 Å².